The second-order valence-corrected chi connectivity index (χ2v) is 5.44. The second-order valence-electron chi connectivity index (χ2n) is 5.01. The maximum atomic E-state index is 12.2. The monoisotopic (exact) mass is 332 g/mol. The van der Waals surface area contributed by atoms with Crippen molar-refractivity contribution in [3.05, 3.63) is 47.5 Å². The van der Waals surface area contributed by atoms with Gasteiger partial charge in [0.1, 0.15) is 12.3 Å². The highest BCUT2D eigenvalue weighted by atomic mass is 35.5. The molecule has 23 heavy (non-hydrogen) atoms. The number of para-hydroxylation sites is 2. The number of esters is 1. The Labute approximate surface area is 137 Å². The first-order valence-electron chi connectivity index (χ1n) is 6.86. The molecule has 1 amide bonds. The van der Waals surface area contributed by atoms with Gasteiger partial charge in [0.05, 0.1) is 17.9 Å². The van der Waals surface area contributed by atoms with E-state index in [0.717, 1.165) is 0 Å². The lowest BCUT2D eigenvalue weighted by Gasteiger charge is -2.29. The van der Waals surface area contributed by atoms with Crippen LogP contribution in [0.2, 0.25) is 5.02 Å². The highest BCUT2D eigenvalue weighted by molar-refractivity contribution is 6.31. The normalized spacial score (nSPS) is 13.3. The first-order valence-corrected chi connectivity index (χ1v) is 7.24. The number of phenols is 1. The van der Waals surface area contributed by atoms with E-state index in [9.17, 15) is 14.7 Å². The number of carbonyl (C=O) groups is 2. The minimum absolute atomic E-state index is 0.0219. The topological polar surface area (TPSA) is 78.9 Å². The lowest BCUT2D eigenvalue weighted by molar-refractivity contribution is -0.133. The molecule has 0 fully saturated rings. The van der Waals surface area contributed by atoms with Crippen molar-refractivity contribution >= 4 is 34.9 Å². The molecule has 6 nitrogen and oxygen atoms in total. The molecule has 0 bridgehead atoms. The summed E-state index contributed by atoms with van der Waals surface area (Å²) in [6.45, 7) is -0.0793. The summed E-state index contributed by atoms with van der Waals surface area (Å²) in [7, 11) is 0. The third kappa shape index (κ3) is 3.37. The van der Waals surface area contributed by atoms with Crippen LogP contribution in [0.4, 0.5) is 11.4 Å². The van der Waals surface area contributed by atoms with Crippen molar-refractivity contribution in [3.8, 4) is 11.5 Å². The van der Waals surface area contributed by atoms with Crippen molar-refractivity contribution in [1.82, 2.24) is 0 Å². The highest BCUT2D eigenvalue weighted by Crippen LogP contribution is 2.31. The summed E-state index contributed by atoms with van der Waals surface area (Å²) >= 11 is 5.84. The number of anilines is 2. The quantitative estimate of drug-likeness (QED) is 0.512. The zero-order chi connectivity index (χ0) is 16.4. The van der Waals surface area contributed by atoms with Crippen LogP contribution in [0.15, 0.2) is 42.5 Å². The van der Waals surface area contributed by atoms with Gasteiger partial charge in [-0.2, -0.15) is 0 Å². The Bertz CT molecular complexity index is 778. The molecule has 0 aromatic heterocycles. The molecule has 0 atom stereocenters. The number of hydrogen-bond donors (Lipinski definition) is 2. The lowest BCUT2D eigenvalue weighted by atomic mass is 10.2. The number of rotatable bonds is 3. The van der Waals surface area contributed by atoms with Crippen molar-refractivity contribution < 1.29 is 19.4 Å². The molecule has 0 radical (unpaired) electrons. The third-order valence-electron chi connectivity index (χ3n) is 3.32. The minimum atomic E-state index is -0.429. The summed E-state index contributed by atoms with van der Waals surface area (Å²) in [5.74, 6) is -0.475. The summed E-state index contributed by atoms with van der Waals surface area (Å²) in [6, 6.07) is 11.3. The van der Waals surface area contributed by atoms with Gasteiger partial charge >= 0.3 is 5.97 Å². The molecule has 7 heteroatoms. The minimum Gasteiger partial charge on any atom is -0.506 e. The first-order chi connectivity index (χ1) is 11.0. The number of nitrogens with one attached hydrogen (secondary N) is 1. The van der Waals surface area contributed by atoms with Gasteiger partial charge in [-0.15, -0.1) is 0 Å². The predicted octanol–water partition coefficient (Wildman–Crippen LogP) is 2.41. The van der Waals surface area contributed by atoms with Crippen LogP contribution in [-0.2, 0) is 9.59 Å². The molecule has 1 aliphatic heterocycles. The molecule has 0 spiro atoms. The van der Waals surface area contributed by atoms with Gasteiger partial charge in [-0.1, -0.05) is 23.7 Å². The average molecular weight is 333 g/mol. The Morgan fingerprint density at radius 1 is 1.30 bits per heavy atom. The molecule has 2 N–H and O–H groups in total. The Morgan fingerprint density at radius 2 is 2.09 bits per heavy atom. The van der Waals surface area contributed by atoms with Gasteiger partial charge in [-0.25, -0.2) is 4.79 Å². The van der Waals surface area contributed by atoms with Gasteiger partial charge in [0.15, 0.2) is 5.75 Å². The molecular formula is C16H13ClN2O4. The number of benzene rings is 2. The van der Waals surface area contributed by atoms with Crippen LogP contribution >= 0.6 is 11.6 Å². The number of hydrogen-bond acceptors (Lipinski definition) is 5. The molecule has 0 saturated carbocycles. The summed E-state index contributed by atoms with van der Waals surface area (Å²) < 4.78 is 5.13. The number of amides is 1. The Hall–Kier alpha value is -2.73. The van der Waals surface area contributed by atoms with Gasteiger partial charge in [0.25, 0.3) is 0 Å². The van der Waals surface area contributed by atoms with Crippen LogP contribution in [0.25, 0.3) is 0 Å². The SMILES string of the molecule is O=C(CN1CC(=O)Oc2ccccc21)Nc1cc(Cl)ccc1O. The number of ether oxygens (including phenoxy) is 1. The molecule has 0 saturated heterocycles. The molecular weight excluding hydrogens is 320 g/mol. The fraction of sp³-hybridized carbons (Fsp3) is 0.125. The molecule has 2 aromatic carbocycles. The van der Waals surface area contributed by atoms with Crippen molar-refractivity contribution in [3.63, 3.8) is 0 Å². The number of nitrogens with zero attached hydrogens (tertiary/aromatic N) is 1. The van der Waals surface area contributed by atoms with Crippen LogP contribution in [0.1, 0.15) is 0 Å². The fourth-order valence-corrected chi connectivity index (χ4v) is 2.49. The van der Waals surface area contributed by atoms with E-state index in [1.165, 1.54) is 18.2 Å². The van der Waals surface area contributed by atoms with Gasteiger partial charge in [-0.3, -0.25) is 4.79 Å². The van der Waals surface area contributed by atoms with E-state index < -0.39 is 5.97 Å². The molecule has 118 valence electrons. The number of halogens is 1. The Morgan fingerprint density at radius 3 is 2.91 bits per heavy atom. The number of phenolic OH excluding ortho intramolecular Hbond substituents is 1. The van der Waals surface area contributed by atoms with E-state index in [2.05, 4.69) is 5.32 Å². The summed E-state index contributed by atoms with van der Waals surface area (Å²) in [5.41, 5.74) is 0.882. The summed E-state index contributed by atoms with van der Waals surface area (Å²) in [5, 5.41) is 12.7. The Balaban J connectivity index is 1.75. The van der Waals surface area contributed by atoms with Gasteiger partial charge in [0, 0.05) is 5.02 Å². The number of fused-ring (bicyclic) bond motifs is 1. The largest absolute Gasteiger partial charge is 0.506 e. The predicted molar refractivity (Wildman–Crippen MR) is 86.0 cm³/mol. The van der Waals surface area contributed by atoms with Crippen molar-refractivity contribution in [2.45, 2.75) is 0 Å². The summed E-state index contributed by atoms with van der Waals surface area (Å²) in [6.07, 6.45) is 0. The van der Waals surface area contributed by atoms with Crippen molar-refractivity contribution in [1.29, 1.82) is 0 Å². The van der Waals surface area contributed by atoms with E-state index >= 15 is 0 Å². The van der Waals surface area contributed by atoms with E-state index in [-0.39, 0.29) is 30.4 Å². The van der Waals surface area contributed by atoms with Crippen LogP contribution in [0, 0.1) is 0 Å². The van der Waals surface area contributed by atoms with Gasteiger partial charge in [-0.05, 0) is 30.3 Å². The maximum Gasteiger partial charge on any atom is 0.331 e. The van der Waals surface area contributed by atoms with Gasteiger partial charge < -0.3 is 20.1 Å². The van der Waals surface area contributed by atoms with E-state index in [4.69, 9.17) is 16.3 Å². The Kier molecular flexibility index (Phi) is 4.08. The molecule has 3 rings (SSSR count). The van der Waals surface area contributed by atoms with Crippen LogP contribution in [0.5, 0.6) is 11.5 Å². The van der Waals surface area contributed by atoms with E-state index in [1.807, 2.05) is 0 Å². The first kappa shape index (κ1) is 15.2. The second kappa shape index (κ2) is 6.18. The zero-order valence-corrected chi connectivity index (χ0v) is 12.7. The van der Waals surface area contributed by atoms with E-state index in [0.29, 0.717) is 16.5 Å². The van der Waals surface area contributed by atoms with Crippen LogP contribution in [0.3, 0.4) is 0 Å². The van der Waals surface area contributed by atoms with Gasteiger partial charge in [0.2, 0.25) is 5.91 Å². The summed E-state index contributed by atoms with van der Waals surface area (Å²) in [4.78, 5) is 25.4. The number of carbonyl (C=O) groups excluding carboxylic acids is 2. The zero-order valence-electron chi connectivity index (χ0n) is 12.0. The smallest absolute Gasteiger partial charge is 0.331 e. The molecule has 1 aliphatic rings. The molecule has 0 unspecified atom stereocenters. The van der Waals surface area contributed by atoms with E-state index in [1.54, 1.807) is 29.2 Å². The van der Waals surface area contributed by atoms with Crippen LogP contribution in [-0.4, -0.2) is 30.1 Å². The highest BCUT2D eigenvalue weighted by Gasteiger charge is 2.25. The number of aromatic hydroxyl groups is 1. The lowest BCUT2D eigenvalue weighted by Crippen LogP contribution is -2.41. The molecule has 1 heterocycles. The third-order valence-corrected chi connectivity index (χ3v) is 3.55. The molecule has 0 aliphatic carbocycles. The van der Waals surface area contributed by atoms with Crippen molar-refractivity contribution in [2.75, 3.05) is 23.3 Å². The maximum absolute atomic E-state index is 12.2. The molecule has 2 aromatic rings. The standard InChI is InChI=1S/C16H13ClN2O4/c17-10-5-6-13(20)11(7-10)18-15(21)8-19-9-16(22)23-14-4-2-1-3-12(14)19/h1-7,20H,8-9H2,(H,18,21). The van der Waals surface area contributed by atoms with Crippen LogP contribution < -0.4 is 15.0 Å². The van der Waals surface area contributed by atoms with Crippen molar-refractivity contribution in [2.24, 2.45) is 0 Å². The fourth-order valence-electron chi connectivity index (χ4n) is 2.31. The average Bonchev–Trinajstić information content (AvgIpc) is 2.50.